The van der Waals surface area contributed by atoms with Crippen LogP contribution in [0.5, 0.6) is 0 Å². The largest absolute Gasteiger partial charge is 3.00 e. The quantitative estimate of drug-likeness (QED) is 0.490. The van der Waals surface area contributed by atoms with Gasteiger partial charge < -0.3 is 35.3 Å². The zero-order valence-corrected chi connectivity index (χ0v) is 23.0. The number of amides is 1. The van der Waals surface area contributed by atoms with Gasteiger partial charge in [-0.15, -0.1) is 0 Å². The number of rotatable bonds is 6. The molecular weight excluding hydrogens is 484 g/mol. The fraction of sp³-hybridized carbons (Fsp3) is 0.500. The Labute approximate surface area is 204 Å². The molecule has 0 saturated carbocycles. The first kappa shape index (κ1) is 30.0. The number of carbonyl (C=O) groups is 1. The normalized spacial score (nSPS) is 15.9. The Bertz CT molecular complexity index is 772. The van der Waals surface area contributed by atoms with E-state index in [1.54, 1.807) is 0 Å². The molecule has 0 fully saturated rings. The van der Waals surface area contributed by atoms with Gasteiger partial charge in [-0.2, -0.15) is 0 Å². The molecule has 2 radical (unpaired) electrons. The van der Waals surface area contributed by atoms with E-state index in [2.05, 4.69) is 53.8 Å². The van der Waals surface area contributed by atoms with Crippen molar-refractivity contribution < 1.29 is 55.8 Å². The molecule has 1 aromatic carbocycles. The van der Waals surface area contributed by atoms with Gasteiger partial charge in [0, 0.05) is 11.5 Å². The van der Waals surface area contributed by atoms with Gasteiger partial charge in [0.05, 0.1) is 14.7 Å². The van der Waals surface area contributed by atoms with Crippen LogP contribution in [0, 0.1) is 5.92 Å². The van der Waals surface area contributed by atoms with E-state index in [4.69, 9.17) is 5.73 Å². The van der Waals surface area contributed by atoms with Crippen LogP contribution in [-0.4, -0.2) is 14.7 Å². The minimum atomic E-state index is -0.762. The topological polar surface area (TPSA) is 40.9 Å². The molecule has 1 aliphatic rings. The van der Waals surface area contributed by atoms with Gasteiger partial charge >= 0.3 is 26.2 Å². The van der Waals surface area contributed by atoms with E-state index in [1.165, 1.54) is 45.9 Å². The first-order valence-corrected chi connectivity index (χ1v) is 11.8. The van der Waals surface area contributed by atoms with Gasteiger partial charge in [-0.25, -0.2) is 0 Å². The third-order valence-corrected chi connectivity index (χ3v) is 7.32. The maximum absolute atomic E-state index is 12.1. The summed E-state index contributed by atoms with van der Waals surface area (Å²) in [5.41, 5.74) is 16.2. The monoisotopic (exact) mass is 513 g/mol. The first-order valence-electron chi connectivity index (χ1n) is 9.33. The van der Waals surface area contributed by atoms with Crippen LogP contribution in [0.2, 0.25) is 13.1 Å². The summed E-state index contributed by atoms with van der Waals surface area (Å²) in [5.74, 6) is -0.240. The average Bonchev–Trinajstić information content (AvgIpc) is 2.75. The number of allylic oxidation sites excluding steroid dienone is 4. The van der Waals surface area contributed by atoms with E-state index in [1.807, 2.05) is 6.07 Å². The van der Waals surface area contributed by atoms with Crippen molar-refractivity contribution in [1.29, 1.82) is 0 Å². The van der Waals surface area contributed by atoms with Crippen LogP contribution >= 0.6 is 0 Å². The SMILES string of the molecule is CCCCc1ccc(C([NH-])=O)c(C2=C(C)C(C)=C(C)C2C)c1[Si](C)C.[Cl-].[Cl-].[Zr+3]. The van der Waals surface area contributed by atoms with Gasteiger partial charge in [0.1, 0.15) is 0 Å². The van der Waals surface area contributed by atoms with Crippen molar-refractivity contribution >= 4 is 25.5 Å². The van der Waals surface area contributed by atoms with Gasteiger partial charge in [-0.3, -0.25) is 0 Å². The van der Waals surface area contributed by atoms with Crippen molar-refractivity contribution in [2.45, 2.75) is 67.0 Å². The molecule has 6 heteroatoms. The molecule has 1 N–H and O–H groups in total. The van der Waals surface area contributed by atoms with Gasteiger partial charge in [-0.1, -0.05) is 56.3 Å². The number of hydrogen-bond acceptors (Lipinski definition) is 1. The van der Waals surface area contributed by atoms with Crippen molar-refractivity contribution in [2.24, 2.45) is 5.92 Å². The van der Waals surface area contributed by atoms with Crippen LogP contribution in [0.15, 0.2) is 28.9 Å². The number of benzene rings is 1. The molecule has 1 aliphatic carbocycles. The number of unbranched alkanes of at least 4 members (excludes halogenated alkanes) is 1. The third-order valence-electron chi connectivity index (χ3n) is 5.75. The van der Waals surface area contributed by atoms with E-state index >= 15 is 0 Å². The molecule has 2 nitrogen and oxygen atoms in total. The van der Waals surface area contributed by atoms with Crippen molar-refractivity contribution in [3.8, 4) is 0 Å². The molecule has 1 amide bonds. The number of nitrogens with one attached hydrogen (secondary N) is 1. The minimum absolute atomic E-state index is 0. The molecule has 2 rings (SSSR count). The van der Waals surface area contributed by atoms with Crippen LogP contribution in [0.1, 0.15) is 68.9 Å². The molecule has 28 heavy (non-hydrogen) atoms. The second-order valence-corrected chi connectivity index (χ2v) is 10.0. The number of hydrogen-bond donors (Lipinski definition) is 0. The summed E-state index contributed by atoms with van der Waals surface area (Å²) in [7, 11) is -0.762. The summed E-state index contributed by atoms with van der Waals surface area (Å²) in [4.78, 5) is 12.1. The van der Waals surface area contributed by atoms with Crippen LogP contribution in [0.3, 0.4) is 0 Å². The van der Waals surface area contributed by atoms with E-state index in [9.17, 15) is 4.79 Å². The molecule has 0 aromatic heterocycles. The second-order valence-electron chi connectivity index (χ2n) is 7.52. The molecule has 0 bridgehead atoms. The average molecular weight is 516 g/mol. The van der Waals surface area contributed by atoms with E-state index in [0.29, 0.717) is 11.5 Å². The van der Waals surface area contributed by atoms with Crippen LogP contribution in [0.25, 0.3) is 11.3 Å². The van der Waals surface area contributed by atoms with Crippen molar-refractivity contribution in [3.63, 3.8) is 0 Å². The Kier molecular flexibility index (Phi) is 13.4. The van der Waals surface area contributed by atoms with E-state index in [0.717, 1.165) is 12.0 Å². The maximum Gasteiger partial charge on any atom is 3.00 e. The van der Waals surface area contributed by atoms with E-state index in [-0.39, 0.29) is 51.0 Å². The second kappa shape index (κ2) is 12.5. The smallest absolute Gasteiger partial charge is 1.00 e. The van der Waals surface area contributed by atoms with Gasteiger partial charge in [-0.05, 0) is 61.5 Å². The third kappa shape index (κ3) is 5.72. The molecule has 0 spiro atoms. The summed E-state index contributed by atoms with van der Waals surface area (Å²) in [5, 5.41) is 1.38. The molecule has 1 aromatic rings. The van der Waals surface area contributed by atoms with Crippen LogP contribution in [0.4, 0.5) is 0 Å². The molecule has 0 aliphatic heterocycles. The van der Waals surface area contributed by atoms with Crippen LogP contribution in [-0.2, 0) is 32.6 Å². The molecular formula is C22H31Cl2NOSiZr. The predicted octanol–water partition coefficient (Wildman–Crippen LogP) is -0.0519. The van der Waals surface area contributed by atoms with Gasteiger partial charge in [0.15, 0.2) is 0 Å². The van der Waals surface area contributed by atoms with Crippen molar-refractivity contribution in [2.75, 3.05) is 0 Å². The van der Waals surface area contributed by atoms with Crippen LogP contribution < -0.4 is 30.0 Å². The molecule has 152 valence electrons. The number of carbonyl (C=O) groups excluding carboxylic acids is 1. The zero-order chi connectivity index (χ0) is 18.9. The van der Waals surface area contributed by atoms with Crippen molar-refractivity contribution in [3.05, 3.63) is 51.3 Å². The zero-order valence-electron chi connectivity index (χ0n) is 18.0. The Balaban J connectivity index is 0. The van der Waals surface area contributed by atoms with Gasteiger partial charge in [0.2, 0.25) is 0 Å². The van der Waals surface area contributed by atoms with Crippen molar-refractivity contribution in [1.82, 2.24) is 0 Å². The molecule has 0 heterocycles. The maximum atomic E-state index is 12.1. The van der Waals surface area contributed by atoms with Gasteiger partial charge in [0.25, 0.3) is 0 Å². The summed E-state index contributed by atoms with van der Waals surface area (Å²) in [6.45, 7) is 15.6. The summed E-state index contributed by atoms with van der Waals surface area (Å²) in [6, 6.07) is 4.01. The summed E-state index contributed by atoms with van der Waals surface area (Å²) >= 11 is 0. The summed E-state index contributed by atoms with van der Waals surface area (Å²) < 4.78 is 0. The Hall–Kier alpha value is -0.150. The Morgan fingerprint density at radius 1 is 1.11 bits per heavy atom. The fourth-order valence-corrected chi connectivity index (χ4v) is 5.65. The molecule has 1 atom stereocenters. The standard InChI is InChI=1S/C22H32NOSi.2ClH.Zr/c1-8-9-10-17-11-12-18(22(23)24)20(21(17)25(6)7)19-15(4)13(2)14(3)16(19)5;;;/h11-12,15H,8-10H2,1-7H3,(H2,23,24);2*1H;/q;;;+3/p-3. The molecule has 1 unspecified atom stereocenters. The molecule has 0 saturated heterocycles. The Morgan fingerprint density at radius 3 is 2.07 bits per heavy atom. The minimum Gasteiger partial charge on any atom is -1.00 e. The number of halogens is 2. The fourth-order valence-electron chi connectivity index (χ4n) is 4.03. The number of aryl methyl sites for hydroxylation is 1. The summed E-state index contributed by atoms with van der Waals surface area (Å²) in [6.07, 6.45) is 3.40. The first-order chi connectivity index (χ1) is 11.7. The Morgan fingerprint density at radius 2 is 1.68 bits per heavy atom. The predicted molar refractivity (Wildman–Crippen MR) is 111 cm³/mol. The van der Waals surface area contributed by atoms with E-state index < -0.39 is 14.7 Å².